The Hall–Kier alpha value is -0.930. The van der Waals surface area contributed by atoms with Gasteiger partial charge in [0, 0.05) is 34.9 Å². The summed E-state index contributed by atoms with van der Waals surface area (Å²) < 4.78 is 2.42. The largest absolute Gasteiger partial charge is 0.341 e. The van der Waals surface area contributed by atoms with Crippen molar-refractivity contribution in [3.05, 3.63) is 35.5 Å². The average molecular weight is 248 g/mol. The molecule has 3 heteroatoms. The minimum Gasteiger partial charge on any atom is -0.341 e. The van der Waals surface area contributed by atoms with E-state index in [9.17, 15) is 0 Å². The lowest BCUT2D eigenvalue weighted by Gasteiger charge is -2.14. The molecule has 2 rings (SSSR count). The molecule has 2 N–H and O–H groups in total. The van der Waals surface area contributed by atoms with Crippen molar-refractivity contribution in [2.75, 3.05) is 6.26 Å². The Morgan fingerprint density at radius 1 is 1.35 bits per heavy atom. The molecule has 2 aromatic rings. The number of thioether (sulfide) groups is 1. The van der Waals surface area contributed by atoms with E-state index in [-0.39, 0.29) is 0 Å². The second kappa shape index (κ2) is 5.15. The average Bonchev–Trinajstić information content (AvgIpc) is 2.67. The van der Waals surface area contributed by atoms with E-state index in [0.29, 0.717) is 12.6 Å². The Morgan fingerprint density at radius 2 is 2.12 bits per heavy atom. The van der Waals surface area contributed by atoms with Gasteiger partial charge in [0.15, 0.2) is 0 Å². The van der Waals surface area contributed by atoms with Crippen molar-refractivity contribution in [3.8, 4) is 0 Å². The van der Waals surface area contributed by atoms with Gasteiger partial charge in [-0.2, -0.15) is 11.8 Å². The van der Waals surface area contributed by atoms with Crippen LogP contribution in [-0.2, 0) is 12.3 Å². The first kappa shape index (κ1) is 12.5. The molecule has 0 fully saturated rings. The highest BCUT2D eigenvalue weighted by Crippen LogP contribution is 2.28. The van der Waals surface area contributed by atoms with Crippen molar-refractivity contribution in [2.45, 2.75) is 32.2 Å². The second-order valence-corrected chi connectivity index (χ2v) is 5.45. The predicted molar refractivity (Wildman–Crippen MR) is 77.4 cm³/mol. The maximum absolute atomic E-state index is 5.81. The highest BCUT2D eigenvalue weighted by Gasteiger charge is 2.12. The van der Waals surface area contributed by atoms with Gasteiger partial charge in [0.25, 0.3) is 0 Å². The first-order valence-corrected chi connectivity index (χ1v) is 7.39. The van der Waals surface area contributed by atoms with Gasteiger partial charge in [-0.1, -0.05) is 12.1 Å². The highest BCUT2D eigenvalue weighted by molar-refractivity contribution is 7.97. The van der Waals surface area contributed by atoms with E-state index >= 15 is 0 Å². The van der Waals surface area contributed by atoms with Gasteiger partial charge in [0.05, 0.1) is 0 Å². The Morgan fingerprint density at radius 3 is 2.71 bits per heavy atom. The molecule has 1 aromatic carbocycles. The molecule has 0 amide bonds. The normalized spacial score (nSPS) is 11.6. The van der Waals surface area contributed by atoms with Gasteiger partial charge in [-0.15, -0.1) is 0 Å². The third-order valence-electron chi connectivity index (χ3n) is 3.08. The summed E-state index contributed by atoms with van der Waals surface area (Å²) in [6.45, 7) is 5.08. The van der Waals surface area contributed by atoms with Gasteiger partial charge in [0.2, 0.25) is 0 Å². The van der Waals surface area contributed by atoms with Crippen LogP contribution in [0.1, 0.15) is 31.1 Å². The lowest BCUT2D eigenvalue weighted by Crippen LogP contribution is -2.04. The van der Waals surface area contributed by atoms with Crippen molar-refractivity contribution in [3.63, 3.8) is 0 Å². The van der Waals surface area contributed by atoms with Crippen LogP contribution in [0.4, 0.5) is 0 Å². The number of benzene rings is 1. The highest BCUT2D eigenvalue weighted by atomic mass is 32.2. The maximum atomic E-state index is 5.81. The van der Waals surface area contributed by atoms with Crippen LogP contribution in [0.15, 0.2) is 24.3 Å². The summed E-state index contributed by atoms with van der Waals surface area (Å²) in [6.07, 6.45) is 2.15. The summed E-state index contributed by atoms with van der Waals surface area (Å²) in [5.41, 5.74) is 9.75. The number of nitrogens with two attached hydrogens (primary N) is 1. The zero-order chi connectivity index (χ0) is 12.4. The quantitative estimate of drug-likeness (QED) is 0.897. The fourth-order valence-corrected chi connectivity index (χ4v) is 2.93. The number of fused-ring (bicyclic) bond motifs is 1. The van der Waals surface area contributed by atoms with Crippen LogP contribution < -0.4 is 5.73 Å². The lowest BCUT2D eigenvalue weighted by molar-refractivity contribution is 0.606. The van der Waals surface area contributed by atoms with Gasteiger partial charge in [-0.3, -0.25) is 0 Å². The molecule has 0 bridgehead atoms. The third kappa shape index (κ3) is 2.22. The topological polar surface area (TPSA) is 30.9 Å². The van der Waals surface area contributed by atoms with E-state index in [4.69, 9.17) is 5.73 Å². The van der Waals surface area contributed by atoms with Crippen molar-refractivity contribution in [1.29, 1.82) is 0 Å². The van der Waals surface area contributed by atoms with E-state index in [1.807, 2.05) is 11.8 Å². The van der Waals surface area contributed by atoms with Crippen LogP contribution in [0.25, 0.3) is 10.9 Å². The minimum atomic E-state index is 0.489. The Kier molecular flexibility index (Phi) is 3.79. The molecule has 0 aliphatic rings. The van der Waals surface area contributed by atoms with Gasteiger partial charge >= 0.3 is 0 Å². The molecule has 0 atom stereocenters. The number of rotatable bonds is 4. The molecule has 2 nitrogen and oxygen atoms in total. The van der Waals surface area contributed by atoms with E-state index < -0.39 is 0 Å². The van der Waals surface area contributed by atoms with E-state index in [0.717, 1.165) is 5.75 Å². The van der Waals surface area contributed by atoms with Crippen LogP contribution in [0.5, 0.6) is 0 Å². The summed E-state index contributed by atoms with van der Waals surface area (Å²) in [5.74, 6) is 1.05. The first-order chi connectivity index (χ1) is 8.19. The summed E-state index contributed by atoms with van der Waals surface area (Å²) >= 11 is 1.86. The fourth-order valence-electron chi connectivity index (χ4n) is 2.41. The number of hydrogen-bond donors (Lipinski definition) is 1. The van der Waals surface area contributed by atoms with E-state index in [2.05, 4.69) is 48.9 Å². The van der Waals surface area contributed by atoms with Crippen LogP contribution in [0.2, 0.25) is 0 Å². The van der Waals surface area contributed by atoms with E-state index in [1.165, 1.54) is 22.2 Å². The molecule has 92 valence electrons. The molecule has 0 saturated heterocycles. The molecule has 17 heavy (non-hydrogen) atoms. The SMILES string of the molecule is CSCc1cc2c(CN)cccc2n1C(C)C. The molecule has 0 radical (unpaired) electrons. The monoisotopic (exact) mass is 248 g/mol. The molecule has 1 heterocycles. The minimum absolute atomic E-state index is 0.489. The van der Waals surface area contributed by atoms with Crippen molar-refractivity contribution in [1.82, 2.24) is 4.57 Å². The van der Waals surface area contributed by atoms with Gasteiger partial charge in [-0.25, -0.2) is 0 Å². The third-order valence-corrected chi connectivity index (χ3v) is 3.67. The smallest absolute Gasteiger partial charge is 0.0488 e. The predicted octanol–water partition coefficient (Wildman–Crippen LogP) is 3.54. The molecular formula is C14H20N2S. The van der Waals surface area contributed by atoms with Crippen LogP contribution in [0, 0.1) is 0 Å². The molecule has 0 spiro atoms. The maximum Gasteiger partial charge on any atom is 0.0488 e. The van der Waals surface area contributed by atoms with Gasteiger partial charge in [-0.05, 0) is 37.8 Å². The first-order valence-electron chi connectivity index (χ1n) is 5.99. The van der Waals surface area contributed by atoms with E-state index in [1.54, 1.807) is 0 Å². The number of hydrogen-bond acceptors (Lipinski definition) is 2. The second-order valence-electron chi connectivity index (χ2n) is 4.59. The zero-order valence-corrected chi connectivity index (χ0v) is 11.6. The Labute approximate surface area is 107 Å². The number of aromatic nitrogens is 1. The number of nitrogens with zero attached hydrogens (tertiary/aromatic N) is 1. The zero-order valence-electron chi connectivity index (χ0n) is 10.7. The Balaban J connectivity index is 2.69. The molecule has 1 aromatic heterocycles. The van der Waals surface area contributed by atoms with Gasteiger partial charge in [0.1, 0.15) is 0 Å². The summed E-state index contributed by atoms with van der Waals surface area (Å²) in [4.78, 5) is 0. The summed E-state index contributed by atoms with van der Waals surface area (Å²) in [5, 5.41) is 1.31. The summed E-state index contributed by atoms with van der Waals surface area (Å²) in [6, 6.07) is 9.21. The van der Waals surface area contributed by atoms with Crippen molar-refractivity contribution in [2.24, 2.45) is 5.73 Å². The fraction of sp³-hybridized carbons (Fsp3) is 0.429. The van der Waals surface area contributed by atoms with Crippen molar-refractivity contribution >= 4 is 22.7 Å². The molecular weight excluding hydrogens is 228 g/mol. The van der Waals surface area contributed by atoms with Crippen LogP contribution >= 0.6 is 11.8 Å². The standard InChI is InChI=1S/C14H20N2S/c1-10(2)16-12(9-17-3)7-13-11(8-15)5-4-6-14(13)16/h4-7,10H,8-9,15H2,1-3H3. The van der Waals surface area contributed by atoms with Crippen molar-refractivity contribution < 1.29 is 0 Å². The molecule has 0 unspecified atom stereocenters. The van der Waals surface area contributed by atoms with Gasteiger partial charge < -0.3 is 10.3 Å². The van der Waals surface area contributed by atoms with Crippen LogP contribution in [0.3, 0.4) is 0 Å². The molecule has 0 saturated carbocycles. The molecule has 0 aliphatic carbocycles. The lowest BCUT2D eigenvalue weighted by atomic mass is 10.1. The molecule has 0 aliphatic heterocycles. The summed E-state index contributed by atoms with van der Waals surface area (Å²) in [7, 11) is 0. The van der Waals surface area contributed by atoms with Crippen LogP contribution in [-0.4, -0.2) is 10.8 Å². The Bertz CT molecular complexity index is 514.